The average molecular weight is 441 g/mol. The highest BCUT2D eigenvalue weighted by Gasteiger charge is 2.45. The molecule has 1 aromatic heterocycles. The molecule has 5 heteroatoms. The molecule has 1 amide bonds. The predicted octanol–water partition coefficient (Wildman–Crippen LogP) is 5.69. The third-order valence-electron chi connectivity index (χ3n) is 6.58. The highest BCUT2D eigenvalue weighted by atomic mass is 19.1. The molecule has 33 heavy (non-hydrogen) atoms. The summed E-state index contributed by atoms with van der Waals surface area (Å²) in [5.74, 6) is -1.11. The van der Waals surface area contributed by atoms with E-state index in [4.69, 9.17) is 0 Å². The molecule has 0 bridgehead atoms. The van der Waals surface area contributed by atoms with Crippen molar-refractivity contribution in [2.75, 3.05) is 0 Å². The van der Waals surface area contributed by atoms with Gasteiger partial charge in [0.1, 0.15) is 11.6 Å². The van der Waals surface area contributed by atoms with Gasteiger partial charge < -0.3 is 15.4 Å². The standard InChI is InChI=1S/C28H25FN2O2/c1-17-21-15-20(29)13-14-22(21)30-25(17)23(19-11-7-4-8-12-19)24-26(32)28(2,31-27(24)33)16-18-9-5-3-6-10-18/h3-15,23,30,32H,16H2,1-2H3,(H,31,33). The van der Waals surface area contributed by atoms with Crippen LogP contribution >= 0.6 is 0 Å². The van der Waals surface area contributed by atoms with E-state index in [1.54, 1.807) is 6.07 Å². The van der Waals surface area contributed by atoms with E-state index in [0.29, 0.717) is 12.0 Å². The van der Waals surface area contributed by atoms with E-state index in [-0.39, 0.29) is 17.5 Å². The Labute approximate surface area is 191 Å². The quantitative estimate of drug-likeness (QED) is 0.373. The summed E-state index contributed by atoms with van der Waals surface area (Å²) in [6.45, 7) is 3.76. The molecule has 0 saturated heterocycles. The average Bonchev–Trinajstić information content (AvgIpc) is 3.24. The molecule has 3 aromatic carbocycles. The molecule has 0 fully saturated rings. The van der Waals surface area contributed by atoms with Gasteiger partial charge in [0.15, 0.2) is 0 Å². The second kappa shape index (κ2) is 7.93. The number of hydrogen-bond donors (Lipinski definition) is 3. The van der Waals surface area contributed by atoms with Crippen molar-refractivity contribution in [2.24, 2.45) is 0 Å². The Morgan fingerprint density at radius 2 is 1.67 bits per heavy atom. The molecular weight excluding hydrogens is 415 g/mol. The monoisotopic (exact) mass is 440 g/mol. The Morgan fingerprint density at radius 3 is 2.36 bits per heavy atom. The van der Waals surface area contributed by atoms with E-state index in [2.05, 4.69) is 10.3 Å². The largest absolute Gasteiger partial charge is 0.509 e. The maximum absolute atomic E-state index is 14.0. The first-order valence-corrected chi connectivity index (χ1v) is 11.0. The third kappa shape index (κ3) is 3.59. The van der Waals surface area contributed by atoms with E-state index < -0.39 is 11.5 Å². The summed E-state index contributed by atoms with van der Waals surface area (Å²) in [5.41, 5.74) is 3.68. The fourth-order valence-electron chi connectivity index (χ4n) is 4.91. The van der Waals surface area contributed by atoms with Gasteiger partial charge in [0.2, 0.25) is 0 Å². The lowest BCUT2D eigenvalue weighted by atomic mass is 9.83. The van der Waals surface area contributed by atoms with Crippen LogP contribution in [0, 0.1) is 12.7 Å². The minimum Gasteiger partial charge on any atom is -0.509 e. The number of halogens is 1. The van der Waals surface area contributed by atoms with E-state index in [1.165, 1.54) is 12.1 Å². The van der Waals surface area contributed by atoms with Crippen LogP contribution in [-0.4, -0.2) is 21.5 Å². The van der Waals surface area contributed by atoms with Crippen molar-refractivity contribution in [3.8, 4) is 0 Å². The molecule has 3 N–H and O–H groups in total. The van der Waals surface area contributed by atoms with Gasteiger partial charge in [0.25, 0.3) is 5.91 Å². The zero-order chi connectivity index (χ0) is 23.2. The molecule has 2 heterocycles. The van der Waals surface area contributed by atoms with E-state index in [9.17, 15) is 14.3 Å². The van der Waals surface area contributed by atoms with Crippen molar-refractivity contribution in [2.45, 2.75) is 31.7 Å². The second-order valence-electron chi connectivity index (χ2n) is 8.91. The van der Waals surface area contributed by atoms with Gasteiger partial charge in [-0.2, -0.15) is 0 Å². The molecule has 0 radical (unpaired) electrons. The van der Waals surface area contributed by atoms with Crippen LogP contribution in [0.2, 0.25) is 0 Å². The molecule has 0 saturated carbocycles. The Morgan fingerprint density at radius 1 is 1.00 bits per heavy atom. The lowest BCUT2D eigenvalue weighted by Gasteiger charge is -2.25. The summed E-state index contributed by atoms with van der Waals surface area (Å²) in [6.07, 6.45) is 0.466. The lowest BCUT2D eigenvalue weighted by molar-refractivity contribution is -0.117. The molecule has 0 spiro atoms. The third-order valence-corrected chi connectivity index (χ3v) is 6.58. The fourth-order valence-corrected chi connectivity index (χ4v) is 4.91. The Bertz CT molecular complexity index is 1380. The number of aliphatic hydroxyl groups excluding tert-OH is 1. The summed E-state index contributed by atoms with van der Waals surface area (Å²) < 4.78 is 14.0. The Balaban J connectivity index is 1.69. The van der Waals surface area contributed by atoms with Gasteiger partial charge in [0.05, 0.1) is 17.0 Å². The number of amides is 1. The molecule has 0 aliphatic carbocycles. The van der Waals surface area contributed by atoms with Gasteiger partial charge in [-0.05, 0) is 48.7 Å². The van der Waals surface area contributed by atoms with Crippen LogP contribution in [0.4, 0.5) is 4.39 Å². The van der Waals surface area contributed by atoms with Crippen molar-refractivity contribution in [1.82, 2.24) is 10.3 Å². The number of nitrogens with one attached hydrogen (secondary N) is 2. The number of rotatable bonds is 5. The van der Waals surface area contributed by atoms with Gasteiger partial charge in [0, 0.05) is 23.0 Å². The number of fused-ring (bicyclic) bond motifs is 1. The summed E-state index contributed by atoms with van der Waals surface area (Å²) in [7, 11) is 0. The zero-order valence-corrected chi connectivity index (χ0v) is 18.5. The molecule has 166 valence electrons. The number of carbonyl (C=O) groups excluding carboxylic acids is 1. The van der Waals surface area contributed by atoms with Crippen molar-refractivity contribution < 1.29 is 14.3 Å². The number of carbonyl (C=O) groups is 1. The Kier molecular flexibility index (Phi) is 5.05. The van der Waals surface area contributed by atoms with E-state index in [1.807, 2.05) is 74.5 Å². The molecule has 1 aliphatic rings. The smallest absolute Gasteiger partial charge is 0.252 e. The molecule has 2 atom stereocenters. The first-order chi connectivity index (χ1) is 15.9. The lowest BCUT2D eigenvalue weighted by Crippen LogP contribution is -2.43. The van der Waals surface area contributed by atoms with Crippen LogP contribution in [-0.2, 0) is 11.2 Å². The first-order valence-electron chi connectivity index (χ1n) is 11.0. The first kappa shape index (κ1) is 21.0. The maximum atomic E-state index is 14.0. The van der Waals surface area contributed by atoms with Crippen LogP contribution < -0.4 is 5.32 Å². The number of H-pyrrole nitrogens is 1. The maximum Gasteiger partial charge on any atom is 0.252 e. The number of aryl methyl sites for hydroxylation is 1. The number of benzene rings is 3. The SMILES string of the molecule is Cc1c(C(C2=C(O)C(C)(Cc3ccccc3)NC2=O)c2ccccc2)[nH]c2ccc(F)cc12. The molecule has 1 aliphatic heterocycles. The summed E-state index contributed by atoms with van der Waals surface area (Å²) in [4.78, 5) is 16.7. The summed E-state index contributed by atoms with van der Waals surface area (Å²) >= 11 is 0. The number of aromatic nitrogens is 1. The number of aliphatic hydroxyl groups is 1. The van der Waals surface area contributed by atoms with Crippen LogP contribution in [0.1, 0.15) is 35.2 Å². The van der Waals surface area contributed by atoms with E-state index in [0.717, 1.165) is 33.3 Å². The number of aromatic amines is 1. The van der Waals surface area contributed by atoms with Gasteiger partial charge in [-0.25, -0.2) is 4.39 Å². The minimum atomic E-state index is -0.924. The van der Waals surface area contributed by atoms with Crippen molar-refractivity contribution in [3.63, 3.8) is 0 Å². The van der Waals surface area contributed by atoms with Gasteiger partial charge in [-0.1, -0.05) is 60.7 Å². The molecular formula is C28H25FN2O2. The molecule has 4 nitrogen and oxygen atoms in total. The van der Waals surface area contributed by atoms with Crippen molar-refractivity contribution in [3.05, 3.63) is 118 Å². The van der Waals surface area contributed by atoms with Gasteiger partial charge in [-0.3, -0.25) is 4.79 Å². The summed E-state index contributed by atoms with van der Waals surface area (Å²) in [6, 6.07) is 24.0. The van der Waals surface area contributed by atoms with Gasteiger partial charge >= 0.3 is 0 Å². The topological polar surface area (TPSA) is 65.1 Å². The highest BCUT2D eigenvalue weighted by Crippen LogP contribution is 2.42. The van der Waals surface area contributed by atoms with Crippen molar-refractivity contribution in [1.29, 1.82) is 0 Å². The van der Waals surface area contributed by atoms with Crippen LogP contribution in [0.15, 0.2) is 90.2 Å². The van der Waals surface area contributed by atoms with E-state index >= 15 is 0 Å². The minimum absolute atomic E-state index is 0.0365. The van der Waals surface area contributed by atoms with Crippen LogP contribution in [0.25, 0.3) is 10.9 Å². The summed E-state index contributed by atoms with van der Waals surface area (Å²) in [5, 5.41) is 15.2. The van der Waals surface area contributed by atoms with Crippen LogP contribution in [0.3, 0.4) is 0 Å². The highest BCUT2D eigenvalue weighted by molar-refractivity contribution is 6.00. The molecule has 2 unspecified atom stereocenters. The Hall–Kier alpha value is -3.86. The van der Waals surface area contributed by atoms with Crippen molar-refractivity contribution >= 4 is 16.8 Å². The van der Waals surface area contributed by atoms with Crippen LogP contribution in [0.5, 0.6) is 0 Å². The number of hydrogen-bond acceptors (Lipinski definition) is 2. The fraction of sp³-hybridized carbons (Fsp3) is 0.179. The predicted molar refractivity (Wildman–Crippen MR) is 128 cm³/mol. The normalized spacial score (nSPS) is 19.2. The molecule has 5 rings (SSSR count). The zero-order valence-electron chi connectivity index (χ0n) is 18.5. The second-order valence-corrected chi connectivity index (χ2v) is 8.91. The van der Waals surface area contributed by atoms with Gasteiger partial charge in [-0.15, -0.1) is 0 Å². The molecule has 4 aromatic rings.